The van der Waals surface area contributed by atoms with E-state index in [4.69, 9.17) is 0 Å². The van der Waals surface area contributed by atoms with E-state index in [2.05, 4.69) is 0 Å². The molecule has 2 atom stereocenters. The Morgan fingerprint density at radius 3 is 2.17 bits per heavy atom. The number of aliphatic carboxylic acids is 1. The first kappa shape index (κ1) is 15.3. The lowest BCUT2D eigenvalue weighted by atomic mass is 9.86. The molecule has 3 nitrogen and oxygen atoms in total. The standard InChI is InChI=1S/C12H20F3NO2/c1-7(2)9(10(17)18)16-6-5-8(11(16,3)4)12(13,14)15/h7-9H,5-6H2,1-4H3,(H,17,18). The molecular weight excluding hydrogens is 247 g/mol. The van der Waals surface area contributed by atoms with E-state index in [-0.39, 0.29) is 18.9 Å². The van der Waals surface area contributed by atoms with Gasteiger partial charge in [-0.15, -0.1) is 0 Å². The average molecular weight is 267 g/mol. The molecule has 0 aromatic rings. The number of rotatable bonds is 3. The monoisotopic (exact) mass is 267 g/mol. The quantitative estimate of drug-likeness (QED) is 0.854. The number of hydrogen-bond donors (Lipinski definition) is 1. The van der Waals surface area contributed by atoms with Gasteiger partial charge >= 0.3 is 12.1 Å². The zero-order valence-electron chi connectivity index (χ0n) is 11.1. The Hall–Kier alpha value is -0.780. The maximum atomic E-state index is 12.9. The van der Waals surface area contributed by atoms with Crippen LogP contribution in [0.15, 0.2) is 0 Å². The van der Waals surface area contributed by atoms with Crippen molar-refractivity contribution in [2.75, 3.05) is 6.54 Å². The highest BCUT2D eigenvalue weighted by Gasteiger charge is 2.57. The van der Waals surface area contributed by atoms with Gasteiger partial charge in [0.2, 0.25) is 0 Å². The molecule has 1 aliphatic heterocycles. The molecule has 6 heteroatoms. The lowest BCUT2D eigenvalue weighted by molar-refractivity contribution is -0.195. The summed E-state index contributed by atoms with van der Waals surface area (Å²) in [5, 5.41) is 9.20. The predicted molar refractivity (Wildman–Crippen MR) is 61.2 cm³/mol. The van der Waals surface area contributed by atoms with Gasteiger partial charge in [0, 0.05) is 12.1 Å². The first-order chi connectivity index (χ1) is 7.99. The molecule has 2 unspecified atom stereocenters. The molecular formula is C12H20F3NO2. The predicted octanol–water partition coefficient (Wildman–Crippen LogP) is 2.76. The van der Waals surface area contributed by atoms with Crippen molar-refractivity contribution >= 4 is 5.97 Å². The summed E-state index contributed by atoms with van der Waals surface area (Å²) in [6.07, 6.45) is -4.31. The number of carbonyl (C=O) groups is 1. The Balaban J connectivity index is 3.03. The van der Waals surface area contributed by atoms with Gasteiger partial charge in [-0.1, -0.05) is 13.8 Å². The number of carboxylic acids is 1. The van der Waals surface area contributed by atoms with Crippen molar-refractivity contribution in [1.82, 2.24) is 4.90 Å². The average Bonchev–Trinajstić information content (AvgIpc) is 2.40. The smallest absolute Gasteiger partial charge is 0.393 e. The second kappa shape index (κ2) is 4.72. The Morgan fingerprint density at radius 2 is 1.89 bits per heavy atom. The first-order valence-corrected chi connectivity index (χ1v) is 6.06. The molecule has 1 heterocycles. The minimum atomic E-state index is -4.28. The Labute approximate surface area is 105 Å². The van der Waals surface area contributed by atoms with E-state index in [9.17, 15) is 23.1 Å². The fourth-order valence-electron chi connectivity index (χ4n) is 2.95. The van der Waals surface area contributed by atoms with E-state index in [1.54, 1.807) is 13.8 Å². The molecule has 1 N–H and O–H groups in total. The topological polar surface area (TPSA) is 40.5 Å². The molecule has 0 saturated carbocycles. The van der Waals surface area contributed by atoms with E-state index in [0.717, 1.165) is 0 Å². The summed E-state index contributed by atoms with van der Waals surface area (Å²) in [6, 6.07) is -0.868. The summed E-state index contributed by atoms with van der Waals surface area (Å²) in [6.45, 7) is 6.57. The van der Waals surface area contributed by atoms with Crippen LogP contribution in [0.5, 0.6) is 0 Å². The van der Waals surface area contributed by atoms with Crippen molar-refractivity contribution in [3.05, 3.63) is 0 Å². The van der Waals surface area contributed by atoms with Crippen LogP contribution in [0.1, 0.15) is 34.1 Å². The third-order valence-electron chi connectivity index (χ3n) is 3.87. The second-order valence-electron chi connectivity index (χ2n) is 5.76. The number of hydrogen-bond acceptors (Lipinski definition) is 2. The van der Waals surface area contributed by atoms with Crippen LogP contribution in [0.25, 0.3) is 0 Å². The highest BCUT2D eigenvalue weighted by molar-refractivity contribution is 5.74. The molecule has 106 valence electrons. The Kier molecular flexibility index (Phi) is 4.00. The molecule has 0 aromatic carbocycles. The number of halogens is 3. The van der Waals surface area contributed by atoms with Gasteiger partial charge in [-0.05, 0) is 26.2 Å². The summed E-state index contributed by atoms with van der Waals surface area (Å²) in [5.74, 6) is -2.75. The second-order valence-corrected chi connectivity index (χ2v) is 5.76. The van der Waals surface area contributed by atoms with Crippen LogP contribution in [0, 0.1) is 11.8 Å². The van der Waals surface area contributed by atoms with Gasteiger partial charge < -0.3 is 5.11 Å². The number of likely N-dealkylation sites (tertiary alicyclic amines) is 1. The number of alkyl halides is 3. The normalized spacial score (nSPS) is 26.6. The SMILES string of the molecule is CC(C)C(C(=O)O)N1CCC(C(F)(F)F)C1(C)C. The first-order valence-electron chi connectivity index (χ1n) is 6.06. The van der Waals surface area contributed by atoms with Gasteiger partial charge in [0.05, 0.1) is 5.92 Å². The van der Waals surface area contributed by atoms with Crippen LogP contribution in [-0.2, 0) is 4.79 Å². The summed E-state index contributed by atoms with van der Waals surface area (Å²) < 4.78 is 38.8. The van der Waals surface area contributed by atoms with Crippen LogP contribution >= 0.6 is 0 Å². The van der Waals surface area contributed by atoms with E-state index in [0.29, 0.717) is 0 Å². The summed E-state index contributed by atoms with van der Waals surface area (Å²) in [4.78, 5) is 12.7. The highest BCUT2D eigenvalue weighted by atomic mass is 19.4. The van der Waals surface area contributed by atoms with Crippen LogP contribution in [0.4, 0.5) is 13.2 Å². The molecule has 0 amide bonds. The maximum absolute atomic E-state index is 12.9. The van der Waals surface area contributed by atoms with E-state index in [1.807, 2.05) is 0 Å². The molecule has 0 spiro atoms. The summed E-state index contributed by atoms with van der Waals surface area (Å²) in [5.41, 5.74) is -1.18. The molecule has 0 aliphatic carbocycles. The van der Waals surface area contributed by atoms with Crippen molar-refractivity contribution < 1.29 is 23.1 Å². The largest absolute Gasteiger partial charge is 0.480 e. The minimum absolute atomic E-state index is 0.0347. The van der Waals surface area contributed by atoms with Crippen molar-refractivity contribution in [3.8, 4) is 0 Å². The molecule has 1 fully saturated rings. The fraction of sp³-hybridized carbons (Fsp3) is 0.917. The van der Waals surface area contributed by atoms with E-state index in [1.165, 1.54) is 18.7 Å². The molecule has 1 saturated heterocycles. The molecule has 1 aliphatic rings. The lowest BCUT2D eigenvalue weighted by Crippen LogP contribution is -2.55. The van der Waals surface area contributed by atoms with E-state index < -0.39 is 29.6 Å². The van der Waals surface area contributed by atoms with Crippen molar-refractivity contribution in [2.45, 2.75) is 51.9 Å². The summed E-state index contributed by atoms with van der Waals surface area (Å²) in [7, 11) is 0. The van der Waals surface area contributed by atoms with Crippen molar-refractivity contribution in [2.24, 2.45) is 11.8 Å². The van der Waals surface area contributed by atoms with Gasteiger partial charge in [-0.25, -0.2) is 0 Å². The van der Waals surface area contributed by atoms with Gasteiger partial charge in [0.15, 0.2) is 0 Å². The zero-order valence-corrected chi connectivity index (χ0v) is 11.1. The molecule has 0 aromatic heterocycles. The number of nitrogens with zero attached hydrogens (tertiary/aromatic N) is 1. The lowest BCUT2D eigenvalue weighted by Gasteiger charge is -2.41. The molecule has 0 radical (unpaired) electrons. The third kappa shape index (κ3) is 2.63. The molecule has 18 heavy (non-hydrogen) atoms. The van der Waals surface area contributed by atoms with E-state index >= 15 is 0 Å². The van der Waals surface area contributed by atoms with Crippen LogP contribution in [0.3, 0.4) is 0 Å². The molecule has 1 rings (SSSR count). The van der Waals surface area contributed by atoms with Gasteiger partial charge in [-0.2, -0.15) is 13.2 Å². The van der Waals surface area contributed by atoms with Crippen LogP contribution in [0.2, 0.25) is 0 Å². The minimum Gasteiger partial charge on any atom is -0.480 e. The number of carboxylic acid groups (broad SMARTS) is 1. The van der Waals surface area contributed by atoms with Crippen molar-refractivity contribution in [1.29, 1.82) is 0 Å². The molecule has 0 bridgehead atoms. The van der Waals surface area contributed by atoms with Gasteiger partial charge in [0.25, 0.3) is 0 Å². The highest BCUT2D eigenvalue weighted by Crippen LogP contribution is 2.46. The Bertz CT molecular complexity index is 326. The third-order valence-corrected chi connectivity index (χ3v) is 3.87. The maximum Gasteiger partial charge on any atom is 0.393 e. The van der Waals surface area contributed by atoms with Crippen LogP contribution in [-0.4, -0.2) is 40.3 Å². The fourth-order valence-corrected chi connectivity index (χ4v) is 2.95. The van der Waals surface area contributed by atoms with Gasteiger partial charge in [0.1, 0.15) is 6.04 Å². The Morgan fingerprint density at radius 1 is 1.39 bits per heavy atom. The summed E-state index contributed by atoms with van der Waals surface area (Å²) >= 11 is 0. The van der Waals surface area contributed by atoms with Crippen LogP contribution < -0.4 is 0 Å². The van der Waals surface area contributed by atoms with Crippen molar-refractivity contribution in [3.63, 3.8) is 0 Å². The van der Waals surface area contributed by atoms with Gasteiger partial charge in [-0.3, -0.25) is 9.69 Å². The zero-order chi connectivity index (χ0) is 14.3.